The maximum atomic E-state index is 11.1. The van der Waals surface area contributed by atoms with Crippen LogP contribution in [-0.2, 0) is 11.3 Å². The molecule has 5 rings (SSSR count). The maximum absolute atomic E-state index is 11.1. The van der Waals surface area contributed by atoms with Gasteiger partial charge >= 0.3 is 5.97 Å². The Kier molecular flexibility index (Phi) is 10.2. The zero-order chi connectivity index (χ0) is 29.6. The molecule has 2 aliphatic rings. The molecule has 0 spiro atoms. The minimum atomic E-state index is -0.730. The minimum absolute atomic E-state index is 0.225. The summed E-state index contributed by atoms with van der Waals surface area (Å²) in [5, 5.41) is 19.9. The quantitative estimate of drug-likeness (QED) is 0.310. The number of benzene rings is 1. The number of pyridine rings is 2. The second-order valence-corrected chi connectivity index (χ2v) is 12.1. The second kappa shape index (κ2) is 14.0. The van der Waals surface area contributed by atoms with E-state index in [9.17, 15) is 9.90 Å². The number of carbonyl (C=O) groups is 1. The van der Waals surface area contributed by atoms with Gasteiger partial charge in [0, 0.05) is 67.4 Å². The van der Waals surface area contributed by atoms with Gasteiger partial charge in [-0.1, -0.05) is 23.2 Å². The minimum Gasteiger partial charge on any atom is -0.481 e. The number of aliphatic hydroxyl groups is 1. The lowest BCUT2D eigenvalue weighted by Gasteiger charge is -2.35. The number of rotatable bonds is 10. The van der Waals surface area contributed by atoms with Crippen LogP contribution in [0.1, 0.15) is 31.7 Å². The normalized spacial score (nSPS) is 17.8. The molecule has 0 radical (unpaired) electrons. The maximum Gasteiger partial charge on any atom is 0.303 e. The number of hydrogen-bond donors (Lipinski definition) is 2. The number of aliphatic carboxylic acids is 1. The molecule has 11 heteroatoms. The average Bonchev–Trinajstić information content (AvgIpc) is 2.94. The molecule has 0 amide bonds. The summed E-state index contributed by atoms with van der Waals surface area (Å²) < 4.78 is 6.22. The van der Waals surface area contributed by atoms with Gasteiger partial charge in [0.1, 0.15) is 11.6 Å². The smallest absolute Gasteiger partial charge is 0.303 e. The molecule has 4 heterocycles. The van der Waals surface area contributed by atoms with E-state index in [2.05, 4.69) is 19.7 Å². The Hall–Kier alpha value is -2.95. The van der Waals surface area contributed by atoms with E-state index in [0.717, 1.165) is 69.1 Å². The number of aliphatic hydroxyl groups excluding tert-OH is 1. The van der Waals surface area contributed by atoms with Gasteiger partial charge in [0.25, 0.3) is 0 Å². The summed E-state index contributed by atoms with van der Waals surface area (Å²) in [6.45, 7) is 8.35. The first-order chi connectivity index (χ1) is 20.2. The number of β-amino-alcohol motifs (C(OH)–C–C–N with tert-alkyl or cyclic N) is 1. The summed E-state index contributed by atoms with van der Waals surface area (Å²) in [7, 11) is 0. The van der Waals surface area contributed by atoms with Crippen molar-refractivity contribution in [3.05, 3.63) is 64.3 Å². The zero-order valence-corrected chi connectivity index (χ0v) is 25.3. The molecule has 0 saturated carbocycles. The number of piperidine rings is 1. The molecule has 2 saturated heterocycles. The monoisotopic (exact) mass is 613 g/mol. The van der Waals surface area contributed by atoms with Crippen molar-refractivity contribution < 1.29 is 19.7 Å². The Balaban J connectivity index is 1.30. The number of anilines is 1. The third-order valence-corrected chi connectivity index (χ3v) is 8.19. The molecule has 0 unspecified atom stereocenters. The highest BCUT2D eigenvalue weighted by molar-refractivity contribution is 6.35. The van der Waals surface area contributed by atoms with Gasteiger partial charge in [0.05, 0.1) is 18.0 Å². The van der Waals surface area contributed by atoms with Gasteiger partial charge < -0.3 is 19.8 Å². The molecule has 2 fully saturated rings. The van der Waals surface area contributed by atoms with E-state index in [0.29, 0.717) is 40.5 Å². The molecule has 1 atom stereocenters. The Labute approximate surface area is 256 Å². The fourth-order valence-electron chi connectivity index (χ4n) is 5.68. The average molecular weight is 615 g/mol. The number of carboxylic acid groups (broad SMARTS) is 1. The van der Waals surface area contributed by atoms with E-state index in [4.69, 9.17) is 38.0 Å². The van der Waals surface area contributed by atoms with Crippen LogP contribution in [0.25, 0.3) is 11.3 Å². The largest absolute Gasteiger partial charge is 0.481 e. The molecule has 9 nitrogen and oxygen atoms in total. The lowest BCUT2D eigenvalue weighted by molar-refractivity contribution is -0.138. The number of nitrogens with zero attached hydrogens (tertiary/aromatic N) is 5. The second-order valence-electron chi connectivity index (χ2n) is 11.3. The van der Waals surface area contributed by atoms with Crippen molar-refractivity contribution in [3.8, 4) is 22.9 Å². The first kappa shape index (κ1) is 30.5. The molecule has 2 N–H and O–H groups in total. The van der Waals surface area contributed by atoms with Crippen LogP contribution in [0.4, 0.5) is 5.82 Å². The SMILES string of the molecule is C[C@@H](O)CN1CCN(c2ccc(Oc3cc(CN4CCC(CC(=O)O)CC4)cc(-c4cc(Cl)cc(Cl)c4)n3)cn2)CC1. The van der Waals surface area contributed by atoms with Gasteiger partial charge in [0.15, 0.2) is 0 Å². The first-order valence-electron chi connectivity index (χ1n) is 14.4. The van der Waals surface area contributed by atoms with Crippen molar-refractivity contribution in [2.24, 2.45) is 5.92 Å². The van der Waals surface area contributed by atoms with E-state index in [-0.39, 0.29) is 18.4 Å². The summed E-state index contributed by atoms with van der Waals surface area (Å²) in [6, 6.07) is 13.2. The predicted octanol–water partition coefficient (Wildman–Crippen LogP) is 5.43. The number of carboxylic acids is 1. The highest BCUT2D eigenvalue weighted by atomic mass is 35.5. The summed E-state index contributed by atoms with van der Waals surface area (Å²) in [5.41, 5.74) is 2.53. The molecular formula is C31H37Cl2N5O4. The van der Waals surface area contributed by atoms with Crippen LogP contribution in [0.3, 0.4) is 0 Å². The third-order valence-electron chi connectivity index (χ3n) is 7.76. The highest BCUT2D eigenvalue weighted by Crippen LogP contribution is 2.31. The van der Waals surface area contributed by atoms with Gasteiger partial charge in [-0.05, 0) is 80.7 Å². The number of halogens is 2. The third kappa shape index (κ3) is 8.55. The Morgan fingerprint density at radius 2 is 1.71 bits per heavy atom. The number of hydrogen-bond acceptors (Lipinski definition) is 8. The summed E-state index contributed by atoms with van der Waals surface area (Å²) >= 11 is 12.6. The van der Waals surface area contributed by atoms with Crippen molar-refractivity contribution in [1.29, 1.82) is 0 Å². The number of aromatic nitrogens is 2. The van der Waals surface area contributed by atoms with Crippen LogP contribution in [0.2, 0.25) is 10.0 Å². The molecule has 2 aliphatic heterocycles. The summed E-state index contributed by atoms with van der Waals surface area (Å²) in [4.78, 5) is 27.4. The number of ether oxygens (including phenoxy) is 1. The Bertz CT molecular complexity index is 1340. The molecule has 224 valence electrons. The lowest BCUT2D eigenvalue weighted by atomic mass is 9.93. The molecule has 42 heavy (non-hydrogen) atoms. The van der Waals surface area contributed by atoms with Gasteiger partial charge in [-0.15, -0.1) is 0 Å². The van der Waals surface area contributed by atoms with Crippen molar-refractivity contribution in [1.82, 2.24) is 19.8 Å². The van der Waals surface area contributed by atoms with Crippen LogP contribution < -0.4 is 9.64 Å². The Morgan fingerprint density at radius 3 is 2.33 bits per heavy atom. The van der Waals surface area contributed by atoms with Crippen molar-refractivity contribution in [3.63, 3.8) is 0 Å². The van der Waals surface area contributed by atoms with Crippen LogP contribution in [0, 0.1) is 5.92 Å². The van der Waals surface area contributed by atoms with Crippen molar-refractivity contribution in [2.75, 3.05) is 50.7 Å². The van der Waals surface area contributed by atoms with Crippen molar-refractivity contribution >= 4 is 35.0 Å². The molecule has 3 aromatic rings. The topological polar surface area (TPSA) is 102 Å². The van der Waals surface area contributed by atoms with E-state index in [1.165, 1.54) is 0 Å². The number of piperazine rings is 1. The predicted molar refractivity (Wildman–Crippen MR) is 165 cm³/mol. The van der Waals surface area contributed by atoms with E-state index < -0.39 is 5.97 Å². The molecule has 2 aromatic heterocycles. The first-order valence-corrected chi connectivity index (χ1v) is 15.2. The van der Waals surface area contributed by atoms with Crippen LogP contribution in [0.5, 0.6) is 11.6 Å². The Morgan fingerprint density at radius 1 is 1.00 bits per heavy atom. The van der Waals surface area contributed by atoms with Gasteiger partial charge in [0.2, 0.25) is 5.88 Å². The van der Waals surface area contributed by atoms with Crippen LogP contribution in [0.15, 0.2) is 48.7 Å². The van der Waals surface area contributed by atoms with E-state index >= 15 is 0 Å². The van der Waals surface area contributed by atoms with E-state index in [1.807, 2.05) is 43.3 Å². The van der Waals surface area contributed by atoms with Crippen LogP contribution >= 0.6 is 23.2 Å². The van der Waals surface area contributed by atoms with E-state index in [1.54, 1.807) is 12.3 Å². The summed E-state index contributed by atoms with van der Waals surface area (Å²) in [5.74, 6) is 1.41. The molecular weight excluding hydrogens is 577 g/mol. The highest BCUT2D eigenvalue weighted by Gasteiger charge is 2.22. The standard InChI is InChI=1S/C31H37Cl2N5O4/c1-21(39)19-37-8-10-38(11-9-37)29-3-2-27(18-34-29)42-30-13-23(20-36-6-4-22(5-7-36)14-31(40)41)12-28(35-30)24-15-25(32)17-26(33)16-24/h2-3,12-13,15-18,21-22,39H,4-11,14,19-20H2,1H3,(H,40,41)/t21-/m1/s1. The van der Waals surface area contributed by atoms with Gasteiger partial charge in [-0.25, -0.2) is 9.97 Å². The molecule has 1 aromatic carbocycles. The fourth-order valence-corrected chi connectivity index (χ4v) is 6.21. The van der Waals surface area contributed by atoms with Gasteiger partial charge in [-0.3, -0.25) is 14.6 Å². The molecule has 0 aliphatic carbocycles. The fraction of sp³-hybridized carbons (Fsp3) is 0.452. The number of likely N-dealkylation sites (tertiary alicyclic amines) is 1. The lowest BCUT2D eigenvalue weighted by Crippen LogP contribution is -2.48. The van der Waals surface area contributed by atoms with Gasteiger partial charge in [-0.2, -0.15) is 0 Å². The van der Waals surface area contributed by atoms with Crippen LogP contribution in [-0.4, -0.2) is 87.9 Å². The van der Waals surface area contributed by atoms with Crippen molar-refractivity contribution in [2.45, 2.75) is 38.8 Å². The zero-order valence-electron chi connectivity index (χ0n) is 23.8. The molecule has 0 bridgehead atoms. The summed E-state index contributed by atoms with van der Waals surface area (Å²) in [6.07, 6.45) is 3.35.